The van der Waals surface area contributed by atoms with Crippen LogP contribution in [0.15, 0.2) is 94.8 Å². The molecule has 0 aliphatic carbocycles. The Morgan fingerprint density at radius 3 is 1.42 bits per heavy atom. The lowest BCUT2D eigenvalue weighted by atomic mass is 10.2. The summed E-state index contributed by atoms with van der Waals surface area (Å²) in [7, 11) is 3.17. The molecule has 0 saturated carbocycles. The summed E-state index contributed by atoms with van der Waals surface area (Å²) in [5.74, 6) is -0.992. The summed E-state index contributed by atoms with van der Waals surface area (Å²) in [5, 5.41) is 5.45. The molecule has 0 atom stereocenters. The maximum Gasteiger partial charge on any atom is 0.293 e. The molecule has 0 radical (unpaired) electrons. The van der Waals surface area contributed by atoms with E-state index < -0.39 is 22.9 Å². The third kappa shape index (κ3) is 8.43. The SMILES string of the molecule is Cn1ccc(C(=O)NCCOCCNC(=O)c2ccn(C)c(=O)c2OCc2ccccc2)c(OCc2ccccc2)c1=O. The van der Waals surface area contributed by atoms with Gasteiger partial charge >= 0.3 is 0 Å². The lowest BCUT2D eigenvalue weighted by Crippen LogP contribution is -2.32. The number of aryl methyl sites for hydroxylation is 2. The Kier molecular flexibility index (Phi) is 10.9. The van der Waals surface area contributed by atoms with Crippen LogP contribution in [0.3, 0.4) is 0 Å². The van der Waals surface area contributed by atoms with Crippen molar-refractivity contribution in [2.75, 3.05) is 26.3 Å². The third-order valence-electron chi connectivity index (χ3n) is 6.45. The number of nitrogens with zero attached hydrogens (tertiary/aromatic N) is 2. The minimum Gasteiger partial charge on any atom is -0.482 e. The maximum absolute atomic E-state index is 12.8. The smallest absolute Gasteiger partial charge is 0.293 e. The van der Waals surface area contributed by atoms with Crippen LogP contribution >= 0.6 is 0 Å². The first-order valence-corrected chi connectivity index (χ1v) is 13.7. The van der Waals surface area contributed by atoms with Gasteiger partial charge in [-0.15, -0.1) is 0 Å². The Labute approximate surface area is 248 Å². The standard InChI is InChI=1S/C32H34N4O7/c1-35-17-13-25(27(31(35)39)42-21-23-9-5-3-6-10-23)29(37)33-15-19-41-20-16-34-30(38)26-14-18-36(2)32(40)28(26)43-22-24-11-7-4-8-12-24/h3-14,17-18H,15-16,19-22H2,1-2H3,(H,33,37)(H,34,38). The van der Waals surface area contributed by atoms with E-state index >= 15 is 0 Å². The molecule has 2 heterocycles. The number of pyridine rings is 2. The van der Waals surface area contributed by atoms with Crippen molar-refractivity contribution >= 4 is 11.8 Å². The zero-order chi connectivity index (χ0) is 30.6. The Bertz CT molecular complexity index is 1530. The van der Waals surface area contributed by atoms with E-state index in [2.05, 4.69) is 10.6 Å². The molecule has 4 rings (SSSR count). The summed E-state index contributed by atoms with van der Waals surface area (Å²) in [5.41, 5.74) is 1.16. The number of ether oxygens (including phenoxy) is 3. The predicted molar refractivity (Wildman–Crippen MR) is 160 cm³/mol. The van der Waals surface area contributed by atoms with E-state index in [1.807, 2.05) is 60.7 Å². The van der Waals surface area contributed by atoms with Crippen molar-refractivity contribution in [3.05, 3.63) is 128 Å². The number of nitrogens with one attached hydrogen (secondary N) is 2. The van der Waals surface area contributed by atoms with Gasteiger partial charge < -0.3 is 34.0 Å². The summed E-state index contributed by atoms with van der Waals surface area (Å²) in [6.45, 7) is 0.980. The molecule has 11 nitrogen and oxygen atoms in total. The highest BCUT2D eigenvalue weighted by Crippen LogP contribution is 2.16. The van der Waals surface area contributed by atoms with Crippen molar-refractivity contribution in [3.8, 4) is 11.5 Å². The fourth-order valence-corrected chi connectivity index (χ4v) is 4.07. The molecule has 0 unspecified atom stereocenters. The number of aromatic nitrogens is 2. The molecule has 4 aromatic rings. The second-order valence-electron chi connectivity index (χ2n) is 9.62. The minimum atomic E-state index is -0.466. The van der Waals surface area contributed by atoms with E-state index in [-0.39, 0.29) is 62.1 Å². The first-order valence-electron chi connectivity index (χ1n) is 13.7. The Balaban J connectivity index is 1.23. The van der Waals surface area contributed by atoms with Crippen LogP contribution in [-0.2, 0) is 32.0 Å². The summed E-state index contributed by atoms with van der Waals surface area (Å²) >= 11 is 0. The summed E-state index contributed by atoms with van der Waals surface area (Å²) in [6.07, 6.45) is 3.01. The molecule has 0 saturated heterocycles. The molecule has 2 amide bonds. The molecule has 0 aliphatic heterocycles. The number of hydrogen-bond acceptors (Lipinski definition) is 7. The number of carbonyl (C=O) groups is 2. The zero-order valence-corrected chi connectivity index (χ0v) is 24.1. The van der Waals surface area contributed by atoms with Gasteiger partial charge in [0.05, 0.1) is 24.3 Å². The fourth-order valence-electron chi connectivity index (χ4n) is 4.07. The van der Waals surface area contributed by atoms with Crippen molar-refractivity contribution in [1.82, 2.24) is 19.8 Å². The number of hydrogen-bond donors (Lipinski definition) is 2. The lowest BCUT2D eigenvalue weighted by molar-refractivity contribution is 0.0888. The maximum atomic E-state index is 12.8. The Hall–Kier alpha value is -5.16. The summed E-state index contributed by atoms with van der Waals surface area (Å²) in [4.78, 5) is 50.9. The zero-order valence-electron chi connectivity index (χ0n) is 24.1. The molecule has 224 valence electrons. The Morgan fingerprint density at radius 2 is 1.02 bits per heavy atom. The quantitative estimate of drug-likeness (QED) is 0.217. The van der Waals surface area contributed by atoms with Crippen molar-refractivity contribution < 1.29 is 23.8 Å². The number of rotatable bonds is 14. The van der Waals surface area contributed by atoms with Gasteiger partial charge in [0.2, 0.25) is 0 Å². The molecular weight excluding hydrogens is 552 g/mol. The van der Waals surface area contributed by atoms with Crippen LogP contribution in [0.25, 0.3) is 0 Å². The largest absolute Gasteiger partial charge is 0.482 e. The summed E-state index contributed by atoms with van der Waals surface area (Å²) < 4.78 is 19.7. The van der Waals surface area contributed by atoms with Crippen molar-refractivity contribution in [2.45, 2.75) is 13.2 Å². The highest BCUT2D eigenvalue weighted by Gasteiger charge is 2.18. The van der Waals surface area contributed by atoms with Crippen molar-refractivity contribution in [3.63, 3.8) is 0 Å². The van der Waals surface area contributed by atoms with Gasteiger partial charge in [-0.3, -0.25) is 19.2 Å². The molecule has 0 spiro atoms. The summed E-state index contributed by atoms with van der Waals surface area (Å²) in [6, 6.07) is 21.8. The van der Waals surface area contributed by atoms with Gasteiger partial charge in [-0.05, 0) is 23.3 Å². The van der Waals surface area contributed by atoms with Crippen molar-refractivity contribution in [2.24, 2.45) is 14.1 Å². The van der Waals surface area contributed by atoms with Crippen LogP contribution in [0.5, 0.6) is 11.5 Å². The van der Waals surface area contributed by atoms with Crippen LogP contribution in [-0.4, -0.2) is 47.3 Å². The number of carbonyl (C=O) groups excluding carboxylic acids is 2. The van der Waals surface area contributed by atoms with Crippen LogP contribution in [0.1, 0.15) is 31.8 Å². The lowest BCUT2D eigenvalue weighted by Gasteiger charge is -2.13. The van der Waals surface area contributed by atoms with Gasteiger partial charge in [-0.1, -0.05) is 60.7 Å². The van der Waals surface area contributed by atoms with Crippen molar-refractivity contribution in [1.29, 1.82) is 0 Å². The molecule has 2 aromatic carbocycles. The predicted octanol–water partition coefficient (Wildman–Crippen LogP) is 2.42. The first kappa shape index (κ1) is 30.8. The topological polar surface area (TPSA) is 130 Å². The molecule has 0 fully saturated rings. The Morgan fingerprint density at radius 1 is 0.628 bits per heavy atom. The van der Waals surface area contributed by atoms with E-state index in [0.29, 0.717) is 0 Å². The molecule has 11 heteroatoms. The van der Waals surface area contributed by atoms with Crippen LogP contribution in [0.2, 0.25) is 0 Å². The van der Waals surface area contributed by atoms with Crippen LogP contribution < -0.4 is 31.2 Å². The van der Waals surface area contributed by atoms with Gasteiger partial charge in [0.15, 0.2) is 11.5 Å². The van der Waals surface area contributed by atoms with Gasteiger partial charge in [-0.2, -0.15) is 0 Å². The monoisotopic (exact) mass is 586 g/mol. The fraction of sp³-hybridized carbons (Fsp3) is 0.250. The van der Waals surface area contributed by atoms with E-state index in [4.69, 9.17) is 14.2 Å². The van der Waals surface area contributed by atoms with E-state index in [1.165, 1.54) is 33.7 Å². The van der Waals surface area contributed by atoms with E-state index in [1.54, 1.807) is 14.1 Å². The average Bonchev–Trinajstić information content (AvgIpc) is 3.02. The molecule has 2 aromatic heterocycles. The second-order valence-corrected chi connectivity index (χ2v) is 9.62. The molecule has 0 aliphatic rings. The third-order valence-corrected chi connectivity index (χ3v) is 6.45. The van der Waals surface area contributed by atoms with Gasteiger partial charge in [0, 0.05) is 39.6 Å². The van der Waals surface area contributed by atoms with Gasteiger partial charge in [-0.25, -0.2) is 0 Å². The average molecular weight is 587 g/mol. The number of amides is 2. The van der Waals surface area contributed by atoms with Gasteiger partial charge in [0.25, 0.3) is 22.9 Å². The highest BCUT2D eigenvalue weighted by atomic mass is 16.5. The van der Waals surface area contributed by atoms with E-state index in [9.17, 15) is 19.2 Å². The normalized spacial score (nSPS) is 10.7. The molecule has 0 bridgehead atoms. The molecular formula is C32H34N4O7. The first-order chi connectivity index (χ1) is 20.8. The minimum absolute atomic E-state index is 0.0298. The second kappa shape index (κ2) is 15.2. The molecule has 43 heavy (non-hydrogen) atoms. The van der Waals surface area contributed by atoms with Crippen LogP contribution in [0, 0.1) is 0 Å². The van der Waals surface area contributed by atoms with Crippen LogP contribution in [0.4, 0.5) is 0 Å². The molecule has 2 N–H and O–H groups in total. The highest BCUT2D eigenvalue weighted by molar-refractivity contribution is 5.97. The number of benzene rings is 2. The van der Waals surface area contributed by atoms with Gasteiger partial charge in [0.1, 0.15) is 13.2 Å². The van der Waals surface area contributed by atoms with E-state index in [0.717, 1.165) is 11.1 Å².